The zero-order valence-corrected chi connectivity index (χ0v) is 15.8. The first kappa shape index (κ1) is 18.5. The van der Waals surface area contributed by atoms with Crippen molar-refractivity contribution < 1.29 is 9.53 Å². The maximum absolute atomic E-state index is 12.5. The summed E-state index contributed by atoms with van der Waals surface area (Å²) in [4.78, 5) is 12.5. The molecule has 0 amide bonds. The molecule has 0 bridgehead atoms. The van der Waals surface area contributed by atoms with Crippen LogP contribution in [0.25, 0.3) is 0 Å². The molecule has 0 N–H and O–H groups in total. The van der Waals surface area contributed by atoms with Crippen molar-refractivity contribution in [3.05, 3.63) is 35.9 Å². The minimum absolute atomic E-state index is 0.0945. The van der Waals surface area contributed by atoms with Crippen molar-refractivity contribution in [3.63, 3.8) is 0 Å². The van der Waals surface area contributed by atoms with Gasteiger partial charge in [-0.15, -0.1) is 0 Å². The molecule has 0 unspecified atom stereocenters. The molecule has 0 aromatic heterocycles. The second-order valence-corrected chi connectivity index (χ2v) is 8.18. The molecule has 3 rings (SSSR count). The van der Waals surface area contributed by atoms with Gasteiger partial charge in [-0.05, 0) is 68.8 Å². The summed E-state index contributed by atoms with van der Waals surface area (Å²) >= 11 is 0. The second-order valence-electron chi connectivity index (χ2n) is 8.18. The number of hydrogen-bond acceptors (Lipinski definition) is 2. The van der Waals surface area contributed by atoms with Crippen LogP contribution in [0.3, 0.4) is 0 Å². The molecule has 0 spiro atoms. The first-order chi connectivity index (χ1) is 12.3. The number of hydrogen-bond donors (Lipinski definition) is 0. The summed E-state index contributed by atoms with van der Waals surface area (Å²) in [7, 11) is 0. The summed E-state index contributed by atoms with van der Waals surface area (Å²) in [5, 5.41) is 0. The molecule has 0 heterocycles. The van der Waals surface area contributed by atoms with E-state index in [1.165, 1.54) is 37.7 Å². The Kier molecular flexibility index (Phi) is 6.95. The van der Waals surface area contributed by atoms with Gasteiger partial charge in [0.05, 0.1) is 5.92 Å². The van der Waals surface area contributed by atoms with Crippen LogP contribution in [0.15, 0.2) is 30.3 Å². The number of rotatable bonds is 6. The highest BCUT2D eigenvalue weighted by atomic mass is 16.5. The van der Waals surface area contributed by atoms with E-state index in [-0.39, 0.29) is 18.0 Å². The predicted octanol–water partition coefficient (Wildman–Crippen LogP) is 6.25. The molecule has 0 saturated heterocycles. The van der Waals surface area contributed by atoms with Gasteiger partial charge >= 0.3 is 5.97 Å². The molecule has 0 radical (unpaired) electrons. The van der Waals surface area contributed by atoms with Crippen LogP contribution in [0.1, 0.15) is 89.0 Å². The number of carbonyl (C=O) groups excluding carboxylic acids is 1. The lowest BCUT2D eigenvalue weighted by Crippen LogP contribution is -2.29. The highest BCUT2D eigenvalue weighted by Crippen LogP contribution is 2.36. The van der Waals surface area contributed by atoms with E-state index in [1.807, 2.05) is 0 Å². The van der Waals surface area contributed by atoms with Crippen molar-refractivity contribution in [3.8, 4) is 0 Å². The molecule has 2 saturated carbocycles. The van der Waals surface area contributed by atoms with Gasteiger partial charge in [-0.25, -0.2) is 0 Å². The summed E-state index contributed by atoms with van der Waals surface area (Å²) in [6.07, 6.45) is 13.0. The molecule has 138 valence electrons. The first-order valence-electron chi connectivity index (χ1n) is 10.5. The Hall–Kier alpha value is -1.31. The summed E-state index contributed by atoms with van der Waals surface area (Å²) in [5.74, 6) is 1.76. The van der Waals surface area contributed by atoms with E-state index < -0.39 is 0 Å². The minimum Gasteiger partial charge on any atom is -0.462 e. The molecule has 0 aliphatic heterocycles. The number of unbranched alkanes of at least 4 members (excludes halogenated alkanes) is 1. The van der Waals surface area contributed by atoms with Gasteiger partial charge in [0.2, 0.25) is 0 Å². The van der Waals surface area contributed by atoms with Crippen molar-refractivity contribution in [2.75, 3.05) is 0 Å². The molecule has 0 atom stereocenters. The van der Waals surface area contributed by atoms with E-state index in [2.05, 4.69) is 37.3 Å². The van der Waals surface area contributed by atoms with Crippen molar-refractivity contribution in [1.82, 2.24) is 0 Å². The molecule has 2 aliphatic carbocycles. The van der Waals surface area contributed by atoms with Crippen LogP contribution in [0.4, 0.5) is 0 Å². The zero-order chi connectivity index (χ0) is 17.5. The Labute approximate surface area is 153 Å². The van der Waals surface area contributed by atoms with E-state index >= 15 is 0 Å². The van der Waals surface area contributed by atoms with Crippen LogP contribution in [-0.2, 0) is 9.53 Å². The van der Waals surface area contributed by atoms with Crippen LogP contribution in [0.2, 0.25) is 0 Å². The molecule has 1 aromatic rings. The smallest absolute Gasteiger partial charge is 0.309 e. The van der Waals surface area contributed by atoms with Crippen molar-refractivity contribution in [2.24, 2.45) is 11.8 Å². The highest BCUT2D eigenvalue weighted by Gasteiger charge is 2.30. The Morgan fingerprint density at radius 3 is 2.28 bits per heavy atom. The number of esters is 1. The van der Waals surface area contributed by atoms with Crippen LogP contribution >= 0.6 is 0 Å². The highest BCUT2D eigenvalue weighted by molar-refractivity contribution is 5.72. The standard InChI is InChI=1S/C23H34O2/c1-2-3-7-18-10-12-21(13-11-18)23(24)25-22-16-14-20(15-17-22)19-8-5-4-6-9-19/h4-6,8-9,18,20-22H,2-3,7,10-17H2,1H3. The summed E-state index contributed by atoms with van der Waals surface area (Å²) in [6, 6.07) is 10.8. The van der Waals surface area contributed by atoms with Crippen molar-refractivity contribution >= 4 is 5.97 Å². The maximum Gasteiger partial charge on any atom is 0.309 e. The van der Waals surface area contributed by atoms with E-state index in [0.717, 1.165) is 44.4 Å². The topological polar surface area (TPSA) is 26.3 Å². The van der Waals surface area contributed by atoms with Gasteiger partial charge < -0.3 is 4.74 Å². The molecule has 2 heteroatoms. The molecular weight excluding hydrogens is 308 g/mol. The van der Waals surface area contributed by atoms with Gasteiger partial charge in [0.25, 0.3) is 0 Å². The maximum atomic E-state index is 12.5. The second kappa shape index (κ2) is 9.40. The number of benzene rings is 1. The normalized spacial score (nSPS) is 30.0. The quantitative estimate of drug-likeness (QED) is 0.571. The summed E-state index contributed by atoms with van der Waals surface area (Å²) < 4.78 is 5.89. The molecule has 2 nitrogen and oxygen atoms in total. The average molecular weight is 343 g/mol. The van der Waals surface area contributed by atoms with Gasteiger partial charge in [0.1, 0.15) is 6.10 Å². The Balaban J connectivity index is 1.38. The third-order valence-corrected chi connectivity index (χ3v) is 6.37. The van der Waals surface area contributed by atoms with Gasteiger partial charge in [0.15, 0.2) is 0 Å². The number of carbonyl (C=O) groups is 1. The molecule has 2 aliphatic rings. The van der Waals surface area contributed by atoms with Crippen molar-refractivity contribution in [2.45, 2.75) is 89.6 Å². The average Bonchev–Trinajstić information content (AvgIpc) is 2.68. The molecular formula is C23H34O2. The monoisotopic (exact) mass is 342 g/mol. The Bertz CT molecular complexity index is 508. The fourth-order valence-corrected chi connectivity index (χ4v) is 4.68. The van der Waals surface area contributed by atoms with Crippen LogP contribution < -0.4 is 0 Å². The lowest BCUT2D eigenvalue weighted by atomic mass is 9.79. The van der Waals surface area contributed by atoms with Crippen molar-refractivity contribution in [1.29, 1.82) is 0 Å². The summed E-state index contributed by atoms with van der Waals surface area (Å²) in [6.45, 7) is 2.26. The predicted molar refractivity (Wildman–Crippen MR) is 103 cm³/mol. The fourth-order valence-electron chi connectivity index (χ4n) is 4.68. The largest absolute Gasteiger partial charge is 0.462 e. The van der Waals surface area contributed by atoms with E-state index in [0.29, 0.717) is 5.92 Å². The zero-order valence-electron chi connectivity index (χ0n) is 15.8. The summed E-state index contributed by atoms with van der Waals surface area (Å²) in [5.41, 5.74) is 1.44. The Morgan fingerprint density at radius 1 is 0.960 bits per heavy atom. The molecule has 1 aromatic carbocycles. The minimum atomic E-state index is 0.0945. The lowest BCUT2D eigenvalue weighted by molar-refractivity contribution is -0.157. The van der Waals surface area contributed by atoms with Gasteiger partial charge in [0, 0.05) is 0 Å². The first-order valence-corrected chi connectivity index (χ1v) is 10.5. The fraction of sp³-hybridized carbons (Fsp3) is 0.696. The molecule has 25 heavy (non-hydrogen) atoms. The van der Waals surface area contributed by atoms with Crippen LogP contribution in [-0.4, -0.2) is 12.1 Å². The van der Waals surface area contributed by atoms with Gasteiger partial charge in [-0.3, -0.25) is 4.79 Å². The third-order valence-electron chi connectivity index (χ3n) is 6.37. The van der Waals surface area contributed by atoms with Crippen LogP contribution in [0, 0.1) is 11.8 Å². The van der Waals surface area contributed by atoms with Gasteiger partial charge in [-0.1, -0.05) is 56.5 Å². The Morgan fingerprint density at radius 2 is 1.64 bits per heavy atom. The van der Waals surface area contributed by atoms with E-state index in [9.17, 15) is 4.79 Å². The van der Waals surface area contributed by atoms with E-state index in [1.54, 1.807) is 0 Å². The number of ether oxygens (including phenoxy) is 1. The van der Waals surface area contributed by atoms with E-state index in [4.69, 9.17) is 4.74 Å². The SMILES string of the molecule is CCCCC1CCC(C(=O)OC2CCC(c3ccccc3)CC2)CC1. The molecule has 2 fully saturated rings. The van der Waals surface area contributed by atoms with Crippen LogP contribution in [0.5, 0.6) is 0 Å². The third kappa shape index (κ3) is 5.33. The van der Waals surface area contributed by atoms with Gasteiger partial charge in [-0.2, -0.15) is 0 Å². The lowest BCUT2D eigenvalue weighted by Gasteiger charge is -2.31.